The van der Waals surface area contributed by atoms with E-state index in [-0.39, 0.29) is 6.03 Å². The molecule has 1 aromatic carbocycles. The normalized spacial score (nSPS) is 17.5. The zero-order chi connectivity index (χ0) is 14.5. The van der Waals surface area contributed by atoms with E-state index in [1.54, 1.807) is 0 Å². The predicted octanol–water partition coefficient (Wildman–Crippen LogP) is 2.80. The minimum absolute atomic E-state index is 0.0700. The molecule has 0 radical (unpaired) electrons. The van der Waals surface area contributed by atoms with E-state index in [0.717, 1.165) is 25.0 Å². The van der Waals surface area contributed by atoms with Crippen LogP contribution in [0.15, 0.2) is 18.2 Å². The van der Waals surface area contributed by atoms with Crippen molar-refractivity contribution >= 4 is 6.03 Å². The van der Waals surface area contributed by atoms with E-state index in [1.807, 2.05) is 6.07 Å². The molecule has 114 valence electrons. The van der Waals surface area contributed by atoms with Crippen LogP contribution in [-0.2, 0) is 12.8 Å². The summed E-state index contributed by atoms with van der Waals surface area (Å²) in [5.74, 6) is 0.911. The number of hydrogen-bond donors (Lipinski definition) is 2. The smallest absolute Gasteiger partial charge is 0.315 e. The molecule has 3 rings (SSSR count). The van der Waals surface area contributed by atoms with Crippen LogP contribution in [0.4, 0.5) is 4.79 Å². The highest BCUT2D eigenvalue weighted by molar-refractivity contribution is 5.74. The first-order valence-corrected chi connectivity index (χ1v) is 8.10. The van der Waals surface area contributed by atoms with Crippen molar-refractivity contribution < 1.29 is 9.53 Å². The third-order valence-electron chi connectivity index (χ3n) is 4.42. The highest BCUT2D eigenvalue weighted by atomic mass is 16.5. The van der Waals surface area contributed by atoms with Crippen molar-refractivity contribution in [1.82, 2.24) is 10.6 Å². The molecule has 2 N–H and O–H groups in total. The molecule has 0 atom stereocenters. The third kappa shape index (κ3) is 3.90. The van der Waals surface area contributed by atoms with Crippen LogP contribution in [-0.4, -0.2) is 25.2 Å². The van der Waals surface area contributed by atoms with Crippen LogP contribution in [0.2, 0.25) is 0 Å². The van der Waals surface area contributed by atoms with Crippen molar-refractivity contribution in [3.63, 3.8) is 0 Å². The molecular formula is C17H24N2O2. The molecular weight excluding hydrogens is 264 g/mol. The van der Waals surface area contributed by atoms with Crippen LogP contribution in [0.3, 0.4) is 0 Å². The van der Waals surface area contributed by atoms with Gasteiger partial charge in [0.15, 0.2) is 0 Å². The lowest BCUT2D eigenvalue weighted by molar-refractivity contribution is 0.233. The Labute approximate surface area is 126 Å². The second-order valence-corrected chi connectivity index (χ2v) is 6.01. The molecule has 1 aromatic rings. The largest absolute Gasteiger partial charge is 0.492 e. The van der Waals surface area contributed by atoms with Crippen molar-refractivity contribution in [3.05, 3.63) is 29.3 Å². The quantitative estimate of drug-likeness (QED) is 0.819. The monoisotopic (exact) mass is 288 g/mol. The molecule has 0 unspecified atom stereocenters. The first kappa shape index (κ1) is 14.2. The first-order chi connectivity index (χ1) is 10.3. The van der Waals surface area contributed by atoms with E-state index in [2.05, 4.69) is 22.8 Å². The highest BCUT2D eigenvalue weighted by Gasteiger charge is 2.16. The minimum atomic E-state index is -0.0700. The predicted molar refractivity (Wildman–Crippen MR) is 82.8 cm³/mol. The van der Waals surface area contributed by atoms with Gasteiger partial charge < -0.3 is 15.4 Å². The van der Waals surface area contributed by atoms with Crippen molar-refractivity contribution in [2.24, 2.45) is 0 Å². The Morgan fingerprint density at radius 1 is 1.14 bits per heavy atom. The Morgan fingerprint density at radius 3 is 2.81 bits per heavy atom. The summed E-state index contributed by atoms with van der Waals surface area (Å²) in [6.45, 7) is 1.05. The Hall–Kier alpha value is -1.71. The molecule has 4 heteroatoms. The summed E-state index contributed by atoms with van der Waals surface area (Å²) in [7, 11) is 0. The van der Waals surface area contributed by atoms with Gasteiger partial charge in [-0.25, -0.2) is 4.79 Å². The first-order valence-electron chi connectivity index (χ1n) is 8.10. The van der Waals surface area contributed by atoms with E-state index in [4.69, 9.17) is 4.74 Å². The van der Waals surface area contributed by atoms with Gasteiger partial charge in [-0.05, 0) is 55.4 Å². The molecule has 0 heterocycles. The average Bonchev–Trinajstić information content (AvgIpc) is 3.14. The number of amides is 2. The number of carbonyl (C=O) groups excluding carboxylic acids is 1. The fourth-order valence-electron chi connectivity index (χ4n) is 3.28. The number of rotatable bonds is 5. The van der Waals surface area contributed by atoms with Crippen LogP contribution in [0.5, 0.6) is 5.75 Å². The minimum Gasteiger partial charge on any atom is -0.492 e. The van der Waals surface area contributed by atoms with Gasteiger partial charge in [-0.2, -0.15) is 0 Å². The lowest BCUT2D eigenvalue weighted by Gasteiger charge is -2.13. The summed E-state index contributed by atoms with van der Waals surface area (Å²) in [6.07, 6.45) is 8.28. The topological polar surface area (TPSA) is 50.4 Å². The maximum absolute atomic E-state index is 11.7. The lowest BCUT2D eigenvalue weighted by Crippen LogP contribution is -2.42. The summed E-state index contributed by atoms with van der Waals surface area (Å²) in [5, 5.41) is 5.86. The summed E-state index contributed by atoms with van der Waals surface area (Å²) in [5.41, 5.74) is 2.87. The molecule has 4 nitrogen and oxygen atoms in total. The molecule has 0 aliphatic heterocycles. The van der Waals surface area contributed by atoms with Crippen LogP contribution < -0.4 is 15.4 Å². The molecule has 1 fully saturated rings. The van der Waals surface area contributed by atoms with E-state index in [0.29, 0.717) is 19.2 Å². The molecule has 2 amide bonds. The van der Waals surface area contributed by atoms with Crippen LogP contribution in [0, 0.1) is 0 Å². The highest BCUT2D eigenvalue weighted by Crippen LogP contribution is 2.25. The van der Waals surface area contributed by atoms with Crippen molar-refractivity contribution in [1.29, 1.82) is 0 Å². The van der Waals surface area contributed by atoms with E-state index >= 15 is 0 Å². The SMILES string of the molecule is O=C(NCCOc1ccc2c(c1)CCC2)NC1CCCC1. The summed E-state index contributed by atoms with van der Waals surface area (Å²) < 4.78 is 5.71. The average molecular weight is 288 g/mol. The molecule has 0 spiro atoms. The Balaban J connectivity index is 1.35. The molecule has 0 bridgehead atoms. The number of benzene rings is 1. The zero-order valence-electron chi connectivity index (χ0n) is 12.5. The lowest BCUT2D eigenvalue weighted by atomic mass is 10.1. The number of ether oxygens (including phenoxy) is 1. The number of urea groups is 1. The second kappa shape index (κ2) is 6.83. The zero-order valence-corrected chi connectivity index (χ0v) is 12.5. The second-order valence-electron chi connectivity index (χ2n) is 6.01. The standard InChI is InChI=1S/C17H24N2O2/c20-17(19-15-6-1-2-7-15)18-10-11-21-16-9-8-13-4-3-5-14(13)12-16/h8-9,12,15H,1-7,10-11H2,(H2,18,19,20). The summed E-state index contributed by atoms with van der Waals surface area (Å²) in [4.78, 5) is 11.7. The van der Waals surface area contributed by atoms with Crippen molar-refractivity contribution in [2.45, 2.75) is 51.0 Å². The van der Waals surface area contributed by atoms with Gasteiger partial charge in [-0.15, -0.1) is 0 Å². The van der Waals surface area contributed by atoms with Crippen LogP contribution in [0.1, 0.15) is 43.2 Å². The molecule has 0 saturated heterocycles. The molecule has 2 aliphatic rings. The van der Waals surface area contributed by atoms with E-state index in [1.165, 1.54) is 36.8 Å². The summed E-state index contributed by atoms with van der Waals surface area (Å²) in [6, 6.07) is 6.63. The van der Waals surface area contributed by atoms with E-state index < -0.39 is 0 Å². The van der Waals surface area contributed by atoms with Crippen LogP contribution >= 0.6 is 0 Å². The van der Waals surface area contributed by atoms with Gasteiger partial charge in [0.1, 0.15) is 12.4 Å². The van der Waals surface area contributed by atoms with Gasteiger partial charge >= 0.3 is 6.03 Å². The molecule has 0 aromatic heterocycles. The number of aryl methyl sites for hydroxylation is 2. The van der Waals surface area contributed by atoms with Crippen LogP contribution in [0.25, 0.3) is 0 Å². The number of hydrogen-bond acceptors (Lipinski definition) is 2. The van der Waals surface area contributed by atoms with Gasteiger partial charge in [0, 0.05) is 6.04 Å². The summed E-state index contributed by atoms with van der Waals surface area (Å²) >= 11 is 0. The molecule has 21 heavy (non-hydrogen) atoms. The van der Waals surface area contributed by atoms with Gasteiger partial charge in [0.2, 0.25) is 0 Å². The van der Waals surface area contributed by atoms with Gasteiger partial charge in [0.25, 0.3) is 0 Å². The van der Waals surface area contributed by atoms with E-state index in [9.17, 15) is 4.79 Å². The Bertz CT molecular complexity index is 496. The molecule has 1 saturated carbocycles. The number of carbonyl (C=O) groups is 1. The fraction of sp³-hybridized carbons (Fsp3) is 0.588. The number of nitrogens with one attached hydrogen (secondary N) is 2. The van der Waals surface area contributed by atoms with Gasteiger partial charge in [0.05, 0.1) is 6.54 Å². The van der Waals surface area contributed by atoms with Gasteiger partial charge in [-0.1, -0.05) is 18.9 Å². The number of fused-ring (bicyclic) bond motifs is 1. The maximum atomic E-state index is 11.7. The van der Waals surface area contributed by atoms with Gasteiger partial charge in [-0.3, -0.25) is 0 Å². The Morgan fingerprint density at radius 2 is 1.95 bits per heavy atom. The van der Waals surface area contributed by atoms with Crippen molar-refractivity contribution in [2.75, 3.05) is 13.2 Å². The Kier molecular flexibility index (Phi) is 4.63. The fourth-order valence-corrected chi connectivity index (χ4v) is 3.28. The maximum Gasteiger partial charge on any atom is 0.315 e. The third-order valence-corrected chi connectivity index (χ3v) is 4.42. The molecule has 2 aliphatic carbocycles. The van der Waals surface area contributed by atoms with Crippen molar-refractivity contribution in [3.8, 4) is 5.75 Å².